The Morgan fingerprint density at radius 3 is 2.69 bits per heavy atom. The Morgan fingerprint density at radius 2 is 2.12 bits per heavy atom. The van der Waals surface area contributed by atoms with Crippen molar-refractivity contribution in [2.24, 2.45) is 5.92 Å². The Bertz CT molecular complexity index is 427. The third kappa shape index (κ3) is 1.48. The van der Waals surface area contributed by atoms with Crippen LogP contribution in [0.3, 0.4) is 0 Å². The molecule has 0 spiro atoms. The first-order chi connectivity index (χ1) is 7.84. The SMILES string of the molecule is O=C(OCc1ccccc1)N1C[C@@H]2C=C[C@@H]21. The molecular formula is C13H13NO2. The van der Waals surface area contributed by atoms with E-state index < -0.39 is 0 Å². The van der Waals surface area contributed by atoms with Gasteiger partial charge in [-0.1, -0.05) is 42.5 Å². The van der Waals surface area contributed by atoms with Crippen molar-refractivity contribution in [3.8, 4) is 0 Å². The maximum Gasteiger partial charge on any atom is 0.410 e. The van der Waals surface area contributed by atoms with E-state index in [0.29, 0.717) is 18.6 Å². The number of likely N-dealkylation sites (tertiary alicyclic amines) is 1. The number of carbonyl (C=O) groups is 1. The predicted octanol–water partition coefficient (Wildman–Crippen LogP) is 2.19. The van der Waals surface area contributed by atoms with Crippen LogP contribution < -0.4 is 0 Å². The summed E-state index contributed by atoms with van der Waals surface area (Å²) < 4.78 is 5.24. The number of amides is 1. The fourth-order valence-electron chi connectivity index (χ4n) is 2.08. The van der Waals surface area contributed by atoms with Gasteiger partial charge < -0.3 is 9.64 Å². The average Bonchev–Trinajstić information content (AvgIpc) is 2.31. The second-order valence-electron chi connectivity index (χ2n) is 4.23. The molecule has 1 heterocycles. The molecule has 0 aromatic heterocycles. The van der Waals surface area contributed by atoms with Crippen molar-refractivity contribution in [1.29, 1.82) is 0 Å². The van der Waals surface area contributed by atoms with Gasteiger partial charge in [0.2, 0.25) is 0 Å². The Labute approximate surface area is 94.3 Å². The molecule has 0 unspecified atom stereocenters. The Balaban J connectivity index is 1.52. The highest BCUT2D eigenvalue weighted by Crippen LogP contribution is 2.34. The molecule has 3 heteroatoms. The topological polar surface area (TPSA) is 29.5 Å². The van der Waals surface area contributed by atoms with E-state index in [0.717, 1.165) is 12.1 Å². The molecule has 82 valence electrons. The standard InChI is InChI=1S/C13H13NO2/c15-13(14-8-11-6-7-12(11)14)16-9-10-4-2-1-3-5-10/h1-7,11-12H,8-9H2/t11-,12-/m0/s1. The lowest BCUT2D eigenvalue weighted by molar-refractivity contribution is 0.0263. The number of fused-ring (bicyclic) bond motifs is 1. The number of ether oxygens (including phenoxy) is 1. The van der Waals surface area contributed by atoms with Gasteiger partial charge in [-0.3, -0.25) is 0 Å². The molecule has 16 heavy (non-hydrogen) atoms. The van der Waals surface area contributed by atoms with Crippen molar-refractivity contribution in [3.63, 3.8) is 0 Å². The van der Waals surface area contributed by atoms with Crippen LogP contribution in [0.25, 0.3) is 0 Å². The molecule has 1 aromatic rings. The van der Waals surface area contributed by atoms with E-state index in [4.69, 9.17) is 4.74 Å². The lowest BCUT2D eigenvalue weighted by Gasteiger charge is -2.49. The van der Waals surface area contributed by atoms with Gasteiger partial charge in [-0.2, -0.15) is 0 Å². The second kappa shape index (κ2) is 3.67. The number of carbonyl (C=O) groups excluding carboxylic acids is 1. The molecule has 2 atom stereocenters. The summed E-state index contributed by atoms with van der Waals surface area (Å²) in [6.45, 7) is 1.17. The minimum absolute atomic E-state index is 0.200. The van der Waals surface area contributed by atoms with Crippen LogP contribution in [0, 0.1) is 5.92 Å². The van der Waals surface area contributed by atoms with Crippen molar-refractivity contribution in [1.82, 2.24) is 4.90 Å². The summed E-state index contributed by atoms with van der Waals surface area (Å²) in [5.41, 5.74) is 1.03. The van der Waals surface area contributed by atoms with E-state index in [1.807, 2.05) is 30.3 Å². The fraction of sp³-hybridized carbons (Fsp3) is 0.308. The van der Waals surface area contributed by atoms with Gasteiger partial charge in [-0.25, -0.2) is 4.79 Å². The molecule has 1 aliphatic carbocycles. The van der Waals surface area contributed by atoms with Crippen LogP contribution in [-0.4, -0.2) is 23.6 Å². The average molecular weight is 215 g/mol. The van der Waals surface area contributed by atoms with E-state index in [2.05, 4.69) is 12.2 Å². The molecule has 1 saturated heterocycles. The summed E-state index contributed by atoms with van der Waals surface area (Å²) in [5.74, 6) is 0.587. The van der Waals surface area contributed by atoms with Crippen LogP contribution in [0.5, 0.6) is 0 Å². The van der Waals surface area contributed by atoms with Gasteiger partial charge in [-0.15, -0.1) is 0 Å². The van der Waals surface area contributed by atoms with Gasteiger partial charge in [0.1, 0.15) is 6.61 Å². The molecule has 3 rings (SSSR count). The molecule has 0 saturated carbocycles. The lowest BCUT2D eigenvalue weighted by Crippen LogP contribution is -2.60. The zero-order valence-corrected chi connectivity index (χ0v) is 8.87. The monoisotopic (exact) mass is 215 g/mol. The number of benzene rings is 1. The molecule has 1 amide bonds. The normalized spacial score (nSPS) is 25.4. The zero-order chi connectivity index (χ0) is 11.0. The summed E-state index contributed by atoms with van der Waals surface area (Å²) in [4.78, 5) is 13.4. The summed E-state index contributed by atoms with van der Waals surface area (Å²) >= 11 is 0. The molecule has 0 N–H and O–H groups in total. The highest BCUT2D eigenvalue weighted by Gasteiger charge is 2.44. The quantitative estimate of drug-likeness (QED) is 0.708. The number of nitrogens with zero attached hydrogens (tertiary/aromatic N) is 1. The van der Waals surface area contributed by atoms with Gasteiger partial charge in [0.15, 0.2) is 0 Å². The summed E-state index contributed by atoms with van der Waals surface area (Å²) in [6.07, 6.45) is 4.00. The highest BCUT2D eigenvalue weighted by atomic mass is 16.6. The first kappa shape index (κ1) is 9.46. The smallest absolute Gasteiger partial charge is 0.410 e. The van der Waals surface area contributed by atoms with Gasteiger partial charge in [0, 0.05) is 12.5 Å². The Kier molecular flexibility index (Phi) is 2.17. The number of hydrogen-bond acceptors (Lipinski definition) is 2. The lowest BCUT2D eigenvalue weighted by atomic mass is 9.80. The van der Waals surface area contributed by atoms with E-state index >= 15 is 0 Å². The van der Waals surface area contributed by atoms with Crippen molar-refractivity contribution in [2.75, 3.05) is 6.54 Å². The molecule has 3 nitrogen and oxygen atoms in total. The van der Waals surface area contributed by atoms with Gasteiger partial charge >= 0.3 is 6.09 Å². The van der Waals surface area contributed by atoms with E-state index in [1.165, 1.54) is 0 Å². The third-order valence-electron chi connectivity index (χ3n) is 3.20. The maximum absolute atomic E-state index is 11.7. The minimum Gasteiger partial charge on any atom is -0.445 e. The van der Waals surface area contributed by atoms with Crippen molar-refractivity contribution in [3.05, 3.63) is 48.0 Å². The Hall–Kier alpha value is -1.77. The van der Waals surface area contributed by atoms with Gasteiger partial charge in [-0.05, 0) is 5.56 Å². The summed E-state index contributed by atoms with van der Waals surface area (Å²) in [6, 6.07) is 10.0. The van der Waals surface area contributed by atoms with Crippen LogP contribution >= 0.6 is 0 Å². The molecule has 1 fully saturated rings. The van der Waals surface area contributed by atoms with Crippen LogP contribution in [-0.2, 0) is 11.3 Å². The first-order valence-corrected chi connectivity index (χ1v) is 5.50. The highest BCUT2D eigenvalue weighted by molar-refractivity contribution is 5.70. The van der Waals surface area contributed by atoms with Crippen LogP contribution in [0.4, 0.5) is 4.79 Å². The summed E-state index contributed by atoms with van der Waals surface area (Å²) in [5, 5.41) is 0. The largest absolute Gasteiger partial charge is 0.445 e. The van der Waals surface area contributed by atoms with Gasteiger partial charge in [0.25, 0.3) is 0 Å². The zero-order valence-electron chi connectivity index (χ0n) is 8.87. The van der Waals surface area contributed by atoms with E-state index in [-0.39, 0.29) is 6.09 Å². The first-order valence-electron chi connectivity index (χ1n) is 5.50. The van der Waals surface area contributed by atoms with Crippen LogP contribution in [0.15, 0.2) is 42.5 Å². The number of hydrogen-bond donors (Lipinski definition) is 0. The molecule has 0 radical (unpaired) electrons. The van der Waals surface area contributed by atoms with E-state index in [9.17, 15) is 4.79 Å². The fourth-order valence-corrected chi connectivity index (χ4v) is 2.08. The Morgan fingerprint density at radius 1 is 1.31 bits per heavy atom. The molecule has 0 bridgehead atoms. The van der Waals surface area contributed by atoms with Crippen molar-refractivity contribution in [2.45, 2.75) is 12.6 Å². The van der Waals surface area contributed by atoms with Crippen LogP contribution in [0.1, 0.15) is 5.56 Å². The second-order valence-corrected chi connectivity index (χ2v) is 4.23. The number of rotatable bonds is 2. The maximum atomic E-state index is 11.7. The van der Waals surface area contributed by atoms with Gasteiger partial charge in [0.05, 0.1) is 6.04 Å². The third-order valence-corrected chi connectivity index (χ3v) is 3.20. The molecule has 1 aliphatic heterocycles. The van der Waals surface area contributed by atoms with E-state index in [1.54, 1.807) is 4.90 Å². The minimum atomic E-state index is -0.200. The predicted molar refractivity (Wildman–Crippen MR) is 59.8 cm³/mol. The van der Waals surface area contributed by atoms with Crippen molar-refractivity contribution >= 4 is 6.09 Å². The molecule has 2 aliphatic rings. The van der Waals surface area contributed by atoms with Crippen LogP contribution in [0.2, 0.25) is 0 Å². The summed E-state index contributed by atoms with van der Waals surface area (Å²) in [7, 11) is 0. The van der Waals surface area contributed by atoms with Crippen molar-refractivity contribution < 1.29 is 9.53 Å². The molecular weight excluding hydrogens is 202 g/mol. The molecule has 1 aromatic carbocycles.